The molecule has 0 radical (unpaired) electrons. The van der Waals surface area contributed by atoms with Crippen molar-refractivity contribution in [1.82, 2.24) is 10.3 Å². The fourth-order valence-corrected chi connectivity index (χ4v) is 1.12. The lowest BCUT2D eigenvalue weighted by Gasteiger charge is -2.08. The van der Waals surface area contributed by atoms with Gasteiger partial charge in [-0.2, -0.15) is 4.39 Å². The average molecular weight is 240 g/mol. The van der Waals surface area contributed by atoms with E-state index in [1.807, 2.05) is 0 Å². The summed E-state index contributed by atoms with van der Waals surface area (Å²) < 4.78 is 12.9. The van der Waals surface area contributed by atoms with Crippen LogP contribution in [-0.2, 0) is 4.79 Å². The van der Waals surface area contributed by atoms with E-state index in [1.165, 1.54) is 19.9 Å². The number of hydrogen-bond acceptors (Lipinski definition) is 3. The molecule has 1 aromatic rings. The molecule has 5 nitrogen and oxygen atoms in total. The van der Waals surface area contributed by atoms with Crippen molar-refractivity contribution in [2.45, 2.75) is 13.8 Å². The highest BCUT2D eigenvalue weighted by atomic mass is 19.1. The molecule has 0 aliphatic rings. The summed E-state index contributed by atoms with van der Waals surface area (Å²) in [6.45, 7) is 3.00. The molecule has 1 heterocycles. The number of carbonyl (C=O) groups is 2. The van der Waals surface area contributed by atoms with Gasteiger partial charge in [0.1, 0.15) is 0 Å². The van der Waals surface area contributed by atoms with E-state index in [0.29, 0.717) is 0 Å². The van der Waals surface area contributed by atoms with Gasteiger partial charge in [0.15, 0.2) is 0 Å². The van der Waals surface area contributed by atoms with Crippen LogP contribution < -0.4 is 5.32 Å². The van der Waals surface area contributed by atoms with Gasteiger partial charge in [0.2, 0.25) is 5.95 Å². The fraction of sp³-hybridized carbons (Fsp3) is 0.364. The van der Waals surface area contributed by atoms with Crippen molar-refractivity contribution in [2.75, 3.05) is 6.54 Å². The van der Waals surface area contributed by atoms with Gasteiger partial charge < -0.3 is 10.4 Å². The van der Waals surface area contributed by atoms with E-state index in [-0.39, 0.29) is 17.7 Å². The number of amides is 1. The van der Waals surface area contributed by atoms with Crippen LogP contribution in [0.5, 0.6) is 0 Å². The van der Waals surface area contributed by atoms with E-state index in [1.54, 1.807) is 0 Å². The minimum atomic E-state index is -0.987. The van der Waals surface area contributed by atoms with Crippen LogP contribution >= 0.6 is 0 Å². The van der Waals surface area contributed by atoms with Crippen molar-refractivity contribution in [3.63, 3.8) is 0 Å². The molecule has 1 aromatic heterocycles. The highest BCUT2D eigenvalue weighted by Gasteiger charge is 2.14. The first kappa shape index (κ1) is 13.1. The van der Waals surface area contributed by atoms with E-state index in [2.05, 4.69) is 10.3 Å². The molecule has 0 spiro atoms. The highest BCUT2D eigenvalue weighted by Crippen LogP contribution is 2.06. The van der Waals surface area contributed by atoms with Crippen molar-refractivity contribution < 1.29 is 19.1 Å². The Kier molecular flexibility index (Phi) is 4.14. The number of hydrogen-bond donors (Lipinski definition) is 2. The summed E-state index contributed by atoms with van der Waals surface area (Å²) in [5.41, 5.74) is 0.477. The summed E-state index contributed by atoms with van der Waals surface area (Å²) in [4.78, 5) is 25.5. The van der Waals surface area contributed by atoms with Crippen molar-refractivity contribution in [3.8, 4) is 0 Å². The summed E-state index contributed by atoms with van der Waals surface area (Å²) in [5, 5.41) is 11.1. The van der Waals surface area contributed by atoms with Gasteiger partial charge in [-0.1, -0.05) is 6.92 Å². The molecule has 1 rings (SSSR count). The van der Waals surface area contributed by atoms with Gasteiger partial charge in [-0.3, -0.25) is 9.59 Å². The topological polar surface area (TPSA) is 79.3 Å². The van der Waals surface area contributed by atoms with Gasteiger partial charge in [0.05, 0.1) is 11.5 Å². The predicted octanol–water partition coefficient (Wildman–Crippen LogP) is 0.980. The van der Waals surface area contributed by atoms with Gasteiger partial charge >= 0.3 is 5.97 Å². The third kappa shape index (κ3) is 3.51. The Balaban J connectivity index is 2.64. The number of aromatic nitrogens is 1. The second kappa shape index (κ2) is 5.38. The van der Waals surface area contributed by atoms with Gasteiger partial charge in [0, 0.05) is 18.3 Å². The Morgan fingerprint density at radius 1 is 1.59 bits per heavy atom. The maximum absolute atomic E-state index is 12.9. The molecule has 1 unspecified atom stereocenters. The molecule has 0 aromatic carbocycles. The van der Waals surface area contributed by atoms with Gasteiger partial charge in [-0.05, 0) is 13.0 Å². The van der Waals surface area contributed by atoms with Crippen LogP contribution in [0.3, 0.4) is 0 Å². The first-order valence-electron chi connectivity index (χ1n) is 5.05. The predicted molar refractivity (Wildman–Crippen MR) is 58.1 cm³/mol. The minimum absolute atomic E-state index is 0.0184. The lowest BCUT2D eigenvalue weighted by molar-refractivity contribution is -0.140. The quantitative estimate of drug-likeness (QED) is 0.769. The molecular weight excluding hydrogens is 227 g/mol. The van der Waals surface area contributed by atoms with E-state index < -0.39 is 23.7 Å². The maximum atomic E-state index is 12.9. The molecule has 6 heteroatoms. The number of pyridine rings is 1. The Morgan fingerprint density at radius 2 is 2.24 bits per heavy atom. The SMILES string of the molecule is Cc1cc(C(=O)NCC(C)C(=O)O)cnc1F. The highest BCUT2D eigenvalue weighted by molar-refractivity contribution is 5.94. The van der Waals surface area contributed by atoms with E-state index in [0.717, 1.165) is 6.20 Å². The first-order chi connectivity index (χ1) is 7.91. The molecule has 0 aliphatic heterocycles. The first-order valence-corrected chi connectivity index (χ1v) is 5.05. The zero-order valence-electron chi connectivity index (χ0n) is 9.53. The number of aryl methyl sites for hydroxylation is 1. The number of carboxylic acids is 1. The summed E-state index contributed by atoms with van der Waals surface area (Å²) in [6, 6.07) is 1.36. The molecule has 0 fully saturated rings. The van der Waals surface area contributed by atoms with Crippen LogP contribution in [0.2, 0.25) is 0 Å². The molecule has 0 saturated heterocycles. The lowest BCUT2D eigenvalue weighted by Crippen LogP contribution is -2.31. The normalized spacial score (nSPS) is 11.9. The zero-order valence-corrected chi connectivity index (χ0v) is 9.53. The van der Waals surface area contributed by atoms with Crippen LogP contribution in [0.15, 0.2) is 12.3 Å². The molecule has 1 atom stereocenters. The molecule has 2 N–H and O–H groups in total. The fourth-order valence-electron chi connectivity index (χ4n) is 1.12. The second-order valence-corrected chi connectivity index (χ2v) is 3.78. The Bertz CT molecular complexity index is 448. The lowest BCUT2D eigenvalue weighted by atomic mass is 10.1. The monoisotopic (exact) mass is 240 g/mol. The molecule has 0 bridgehead atoms. The van der Waals surface area contributed by atoms with Crippen LogP contribution in [0, 0.1) is 18.8 Å². The molecule has 92 valence electrons. The molecule has 0 saturated carbocycles. The second-order valence-electron chi connectivity index (χ2n) is 3.78. The standard InChI is InChI=1S/C11H13FN2O3/c1-6-3-8(5-13-9(6)12)10(15)14-4-7(2)11(16)17/h3,5,7H,4H2,1-2H3,(H,14,15)(H,16,17). The van der Waals surface area contributed by atoms with Gasteiger partial charge in [-0.15, -0.1) is 0 Å². The average Bonchev–Trinajstić information content (AvgIpc) is 2.28. The molecule has 1 amide bonds. The summed E-state index contributed by atoms with van der Waals surface area (Å²) in [6.07, 6.45) is 1.11. The van der Waals surface area contributed by atoms with E-state index in [9.17, 15) is 14.0 Å². The molecular formula is C11H13FN2O3. The summed E-state index contributed by atoms with van der Waals surface area (Å²) in [7, 11) is 0. The van der Waals surface area contributed by atoms with Crippen LogP contribution in [-0.4, -0.2) is 28.5 Å². The number of halogens is 1. The number of nitrogens with one attached hydrogen (secondary N) is 1. The third-order valence-corrected chi connectivity index (χ3v) is 2.27. The van der Waals surface area contributed by atoms with Crippen LogP contribution in [0.4, 0.5) is 4.39 Å². The number of aliphatic carboxylic acids is 1. The smallest absolute Gasteiger partial charge is 0.308 e. The number of rotatable bonds is 4. The summed E-state index contributed by atoms with van der Waals surface area (Å²) in [5.74, 6) is -2.75. The van der Waals surface area contributed by atoms with Crippen molar-refractivity contribution in [1.29, 1.82) is 0 Å². The largest absolute Gasteiger partial charge is 0.481 e. The third-order valence-electron chi connectivity index (χ3n) is 2.27. The zero-order chi connectivity index (χ0) is 13.0. The van der Waals surface area contributed by atoms with Crippen LogP contribution in [0.25, 0.3) is 0 Å². The van der Waals surface area contributed by atoms with Crippen molar-refractivity contribution in [3.05, 3.63) is 29.3 Å². The van der Waals surface area contributed by atoms with Crippen molar-refractivity contribution in [2.24, 2.45) is 5.92 Å². The molecule has 0 aliphatic carbocycles. The Morgan fingerprint density at radius 3 is 2.76 bits per heavy atom. The Hall–Kier alpha value is -1.98. The van der Waals surface area contributed by atoms with Crippen molar-refractivity contribution >= 4 is 11.9 Å². The number of nitrogens with zero attached hydrogens (tertiary/aromatic N) is 1. The minimum Gasteiger partial charge on any atom is -0.481 e. The van der Waals surface area contributed by atoms with Gasteiger partial charge in [-0.25, -0.2) is 4.98 Å². The maximum Gasteiger partial charge on any atom is 0.308 e. The number of carbonyl (C=O) groups excluding carboxylic acids is 1. The van der Waals surface area contributed by atoms with Gasteiger partial charge in [0.25, 0.3) is 5.91 Å². The van der Waals surface area contributed by atoms with Crippen LogP contribution in [0.1, 0.15) is 22.8 Å². The van der Waals surface area contributed by atoms with E-state index in [4.69, 9.17) is 5.11 Å². The summed E-state index contributed by atoms with van der Waals surface area (Å²) >= 11 is 0. The number of carboxylic acid groups (broad SMARTS) is 1. The van der Waals surface area contributed by atoms with E-state index >= 15 is 0 Å². The Labute approximate surface area is 97.7 Å². The molecule has 17 heavy (non-hydrogen) atoms.